The molecule has 0 atom stereocenters. The maximum atomic E-state index is 5.34. The standard InChI is InChI=1S/C12H13NO2/c1-2-3-9-4-8-5-11-12(15-7-14-11)6-10(8)13-9/h4-6,13H,2-3,7H2,1H3. The van der Waals surface area contributed by atoms with Crippen LogP contribution in [0.4, 0.5) is 0 Å². The second kappa shape index (κ2) is 3.19. The van der Waals surface area contributed by atoms with Crippen LogP contribution in [0.1, 0.15) is 19.0 Å². The van der Waals surface area contributed by atoms with Crippen molar-refractivity contribution in [2.24, 2.45) is 0 Å². The number of benzene rings is 1. The first-order valence-electron chi connectivity index (χ1n) is 5.28. The third-order valence-corrected chi connectivity index (χ3v) is 2.69. The number of aryl methyl sites for hydroxylation is 1. The molecule has 3 nitrogen and oxygen atoms in total. The molecule has 0 amide bonds. The summed E-state index contributed by atoms with van der Waals surface area (Å²) in [6.07, 6.45) is 2.24. The first-order chi connectivity index (χ1) is 7.36. The van der Waals surface area contributed by atoms with E-state index in [-0.39, 0.29) is 0 Å². The Labute approximate surface area is 88.0 Å². The maximum absolute atomic E-state index is 5.34. The van der Waals surface area contributed by atoms with Gasteiger partial charge in [-0.3, -0.25) is 0 Å². The van der Waals surface area contributed by atoms with Crippen LogP contribution in [-0.4, -0.2) is 11.8 Å². The van der Waals surface area contributed by atoms with Crippen LogP contribution in [0.5, 0.6) is 11.5 Å². The van der Waals surface area contributed by atoms with Crippen molar-refractivity contribution < 1.29 is 9.47 Å². The van der Waals surface area contributed by atoms with E-state index in [1.165, 1.54) is 11.1 Å². The molecule has 78 valence electrons. The lowest BCUT2D eigenvalue weighted by molar-refractivity contribution is 0.174. The SMILES string of the molecule is CCCc1cc2cc3c(cc2[nH]1)OCO3. The Balaban J connectivity index is 2.12. The van der Waals surface area contributed by atoms with Crippen LogP contribution in [0, 0.1) is 0 Å². The van der Waals surface area contributed by atoms with Gasteiger partial charge in [0.05, 0.1) is 0 Å². The molecule has 15 heavy (non-hydrogen) atoms. The minimum absolute atomic E-state index is 0.337. The fourth-order valence-electron chi connectivity index (χ4n) is 1.99. The van der Waals surface area contributed by atoms with Crippen molar-refractivity contribution in [3.05, 3.63) is 23.9 Å². The van der Waals surface area contributed by atoms with E-state index in [1.807, 2.05) is 12.1 Å². The van der Waals surface area contributed by atoms with E-state index in [0.717, 1.165) is 29.9 Å². The number of nitrogens with one attached hydrogen (secondary N) is 1. The van der Waals surface area contributed by atoms with E-state index in [9.17, 15) is 0 Å². The number of hydrogen-bond acceptors (Lipinski definition) is 2. The van der Waals surface area contributed by atoms with Gasteiger partial charge in [-0.15, -0.1) is 0 Å². The van der Waals surface area contributed by atoms with Crippen LogP contribution >= 0.6 is 0 Å². The quantitative estimate of drug-likeness (QED) is 0.814. The van der Waals surface area contributed by atoms with Gasteiger partial charge >= 0.3 is 0 Å². The van der Waals surface area contributed by atoms with Crippen molar-refractivity contribution >= 4 is 10.9 Å². The summed E-state index contributed by atoms with van der Waals surface area (Å²) >= 11 is 0. The van der Waals surface area contributed by atoms with Crippen LogP contribution in [-0.2, 0) is 6.42 Å². The molecule has 0 saturated carbocycles. The van der Waals surface area contributed by atoms with Gasteiger partial charge in [-0.1, -0.05) is 13.3 Å². The molecule has 0 saturated heterocycles. The lowest BCUT2D eigenvalue weighted by atomic mass is 10.2. The van der Waals surface area contributed by atoms with Gasteiger partial charge in [0.15, 0.2) is 11.5 Å². The summed E-state index contributed by atoms with van der Waals surface area (Å²) in [5.74, 6) is 1.69. The first kappa shape index (κ1) is 8.65. The molecule has 0 fully saturated rings. The molecular weight excluding hydrogens is 190 g/mol. The molecule has 1 aliphatic heterocycles. The van der Waals surface area contributed by atoms with Gasteiger partial charge in [0, 0.05) is 22.7 Å². The number of hydrogen-bond donors (Lipinski definition) is 1. The number of aromatic amines is 1. The van der Waals surface area contributed by atoms with Gasteiger partial charge in [0.25, 0.3) is 0 Å². The molecule has 0 unspecified atom stereocenters. The summed E-state index contributed by atoms with van der Waals surface area (Å²) in [6.45, 7) is 2.52. The zero-order valence-corrected chi connectivity index (χ0v) is 8.67. The van der Waals surface area contributed by atoms with Gasteiger partial charge in [-0.25, -0.2) is 0 Å². The number of rotatable bonds is 2. The van der Waals surface area contributed by atoms with Crippen LogP contribution < -0.4 is 9.47 Å². The van der Waals surface area contributed by atoms with Crippen molar-refractivity contribution in [3.8, 4) is 11.5 Å². The van der Waals surface area contributed by atoms with Gasteiger partial charge < -0.3 is 14.5 Å². The Kier molecular flexibility index (Phi) is 1.84. The molecule has 2 aromatic rings. The lowest BCUT2D eigenvalue weighted by Gasteiger charge is -1.94. The molecule has 1 N–H and O–H groups in total. The number of aromatic nitrogens is 1. The average Bonchev–Trinajstić information content (AvgIpc) is 2.78. The Bertz CT molecular complexity index is 461. The summed E-state index contributed by atoms with van der Waals surface area (Å²) in [5.41, 5.74) is 2.40. The summed E-state index contributed by atoms with van der Waals surface area (Å²) in [7, 11) is 0. The van der Waals surface area contributed by atoms with Crippen molar-refractivity contribution in [1.29, 1.82) is 0 Å². The fraction of sp³-hybridized carbons (Fsp3) is 0.333. The Morgan fingerprint density at radius 2 is 2.00 bits per heavy atom. The second-order valence-corrected chi connectivity index (χ2v) is 3.84. The van der Waals surface area contributed by atoms with Gasteiger partial charge in [0.1, 0.15) is 0 Å². The smallest absolute Gasteiger partial charge is 0.231 e. The Hall–Kier alpha value is -1.64. The summed E-state index contributed by atoms with van der Waals surface area (Å²) < 4.78 is 10.7. The van der Waals surface area contributed by atoms with Crippen molar-refractivity contribution in [3.63, 3.8) is 0 Å². The van der Waals surface area contributed by atoms with Gasteiger partial charge in [-0.05, 0) is 18.6 Å². The topological polar surface area (TPSA) is 34.2 Å². The highest BCUT2D eigenvalue weighted by molar-refractivity contribution is 5.84. The minimum Gasteiger partial charge on any atom is -0.454 e. The minimum atomic E-state index is 0.337. The number of ether oxygens (including phenoxy) is 2. The van der Waals surface area contributed by atoms with Crippen LogP contribution in [0.25, 0.3) is 10.9 Å². The van der Waals surface area contributed by atoms with Gasteiger partial charge in [-0.2, -0.15) is 0 Å². The fourth-order valence-corrected chi connectivity index (χ4v) is 1.99. The third-order valence-electron chi connectivity index (χ3n) is 2.69. The zero-order valence-electron chi connectivity index (χ0n) is 8.67. The number of H-pyrrole nitrogens is 1. The molecule has 1 aliphatic rings. The molecule has 0 radical (unpaired) electrons. The molecule has 3 heteroatoms. The Morgan fingerprint density at radius 3 is 2.80 bits per heavy atom. The highest BCUT2D eigenvalue weighted by Gasteiger charge is 2.14. The van der Waals surface area contributed by atoms with Crippen molar-refractivity contribution in [2.75, 3.05) is 6.79 Å². The van der Waals surface area contributed by atoms with Crippen molar-refractivity contribution in [1.82, 2.24) is 4.98 Å². The summed E-state index contributed by atoms with van der Waals surface area (Å²) in [5, 5.41) is 1.20. The van der Waals surface area contributed by atoms with E-state index in [0.29, 0.717) is 6.79 Å². The maximum Gasteiger partial charge on any atom is 0.231 e. The van der Waals surface area contributed by atoms with Crippen LogP contribution in [0.15, 0.2) is 18.2 Å². The van der Waals surface area contributed by atoms with Crippen molar-refractivity contribution in [2.45, 2.75) is 19.8 Å². The molecule has 1 aromatic heterocycles. The zero-order chi connectivity index (χ0) is 10.3. The molecule has 1 aromatic carbocycles. The average molecular weight is 203 g/mol. The van der Waals surface area contributed by atoms with E-state index in [2.05, 4.69) is 18.0 Å². The lowest BCUT2D eigenvalue weighted by Crippen LogP contribution is -1.92. The highest BCUT2D eigenvalue weighted by atomic mass is 16.7. The van der Waals surface area contributed by atoms with Gasteiger partial charge in [0.2, 0.25) is 6.79 Å². The normalized spacial score (nSPS) is 13.7. The molecule has 0 spiro atoms. The molecular formula is C12H13NO2. The first-order valence-corrected chi connectivity index (χ1v) is 5.28. The van der Waals surface area contributed by atoms with E-state index in [1.54, 1.807) is 0 Å². The highest BCUT2D eigenvalue weighted by Crippen LogP contribution is 2.36. The largest absolute Gasteiger partial charge is 0.454 e. The number of fused-ring (bicyclic) bond motifs is 2. The van der Waals surface area contributed by atoms with Crippen LogP contribution in [0.3, 0.4) is 0 Å². The predicted molar refractivity (Wildman–Crippen MR) is 58.4 cm³/mol. The van der Waals surface area contributed by atoms with Crippen LogP contribution in [0.2, 0.25) is 0 Å². The second-order valence-electron chi connectivity index (χ2n) is 3.84. The molecule has 3 rings (SSSR count). The van der Waals surface area contributed by atoms with E-state index >= 15 is 0 Å². The summed E-state index contributed by atoms with van der Waals surface area (Å²) in [6, 6.07) is 6.23. The monoisotopic (exact) mass is 203 g/mol. The molecule has 2 heterocycles. The van der Waals surface area contributed by atoms with E-state index < -0.39 is 0 Å². The Morgan fingerprint density at radius 1 is 1.20 bits per heavy atom. The summed E-state index contributed by atoms with van der Waals surface area (Å²) in [4.78, 5) is 3.39. The molecule has 0 bridgehead atoms. The molecule has 0 aliphatic carbocycles. The van der Waals surface area contributed by atoms with E-state index in [4.69, 9.17) is 9.47 Å². The predicted octanol–water partition coefficient (Wildman–Crippen LogP) is 2.85. The third kappa shape index (κ3) is 1.35.